The van der Waals surface area contributed by atoms with Gasteiger partial charge in [0.15, 0.2) is 0 Å². The van der Waals surface area contributed by atoms with Crippen molar-refractivity contribution < 1.29 is 13.9 Å². The minimum absolute atomic E-state index is 0.0264. The molecule has 0 aliphatic rings. The van der Waals surface area contributed by atoms with Gasteiger partial charge in [0.05, 0.1) is 13.0 Å². The van der Waals surface area contributed by atoms with E-state index in [0.29, 0.717) is 18.8 Å². The maximum absolute atomic E-state index is 12.6. The lowest BCUT2D eigenvalue weighted by molar-refractivity contribution is -0.122. The van der Waals surface area contributed by atoms with Crippen LogP contribution in [0.4, 0.5) is 4.39 Å². The van der Waals surface area contributed by atoms with Gasteiger partial charge >= 0.3 is 0 Å². The molecule has 1 unspecified atom stereocenters. The highest BCUT2D eigenvalue weighted by atomic mass is 19.1. The van der Waals surface area contributed by atoms with Crippen LogP contribution in [0.3, 0.4) is 0 Å². The minimum Gasteiger partial charge on any atom is -0.493 e. The fraction of sp³-hybridized carbons (Fsp3) is 0.462. The molecule has 1 rings (SSSR count). The van der Waals surface area contributed by atoms with E-state index in [2.05, 4.69) is 5.32 Å². The molecule has 1 atom stereocenters. The first-order valence-corrected chi connectivity index (χ1v) is 5.79. The molecule has 0 aliphatic heterocycles. The van der Waals surface area contributed by atoms with Crippen molar-refractivity contribution in [1.82, 2.24) is 5.32 Å². The third-order valence-corrected chi connectivity index (χ3v) is 2.43. The van der Waals surface area contributed by atoms with E-state index < -0.39 is 0 Å². The molecule has 94 valence electrons. The van der Waals surface area contributed by atoms with Crippen LogP contribution in [0.15, 0.2) is 24.3 Å². The zero-order chi connectivity index (χ0) is 12.7. The molecule has 1 aromatic carbocycles. The molecule has 0 fully saturated rings. The molecule has 0 radical (unpaired) electrons. The molecule has 0 spiro atoms. The van der Waals surface area contributed by atoms with Crippen molar-refractivity contribution >= 4 is 5.91 Å². The summed E-state index contributed by atoms with van der Waals surface area (Å²) in [5.74, 6) is 0.246. The van der Waals surface area contributed by atoms with Gasteiger partial charge in [0.1, 0.15) is 11.6 Å². The average Bonchev–Trinajstić information content (AvgIpc) is 2.31. The van der Waals surface area contributed by atoms with Crippen LogP contribution < -0.4 is 10.1 Å². The lowest BCUT2D eigenvalue weighted by atomic mass is 10.2. The fourth-order valence-electron chi connectivity index (χ4n) is 1.24. The monoisotopic (exact) mass is 239 g/mol. The largest absolute Gasteiger partial charge is 0.493 e. The number of carbonyl (C=O) groups excluding carboxylic acids is 1. The highest BCUT2D eigenvalue weighted by Gasteiger charge is 2.05. The zero-order valence-electron chi connectivity index (χ0n) is 10.2. The summed E-state index contributed by atoms with van der Waals surface area (Å²) >= 11 is 0. The van der Waals surface area contributed by atoms with Crippen molar-refractivity contribution in [3.63, 3.8) is 0 Å². The van der Waals surface area contributed by atoms with Crippen LogP contribution in [0.5, 0.6) is 5.75 Å². The normalized spacial score (nSPS) is 11.9. The maximum atomic E-state index is 12.6. The van der Waals surface area contributed by atoms with Crippen molar-refractivity contribution in [2.24, 2.45) is 0 Å². The van der Waals surface area contributed by atoms with Crippen molar-refractivity contribution in [3.8, 4) is 5.75 Å². The molecule has 3 nitrogen and oxygen atoms in total. The number of hydrogen-bond acceptors (Lipinski definition) is 2. The van der Waals surface area contributed by atoms with E-state index >= 15 is 0 Å². The van der Waals surface area contributed by atoms with Gasteiger partial charge in [-0.3, -0.25) is 4.79 Å². The van der Waals surface area contributed by atoms with Gasteiger partial charge in [0.25, 0.3) is 0 Å². The van der Waals surface area contributed by atoms with Crippen molar-refractivity contribution in [2.75, 3.05) is 6.61 Å². The first-order valence-electron chi connectivity index (χ1n) is 5.79. The van der Waals surface area contributed by atoms with Gasteiger partial charge in [0.2, 0.25) is 5.91 Å². The number of nitrogens with one attached hydrogen (secondary N) is 1. The second-order valence-corrected chi connectivity index (χ2v) is 3.93. The number of ether oxygens (including phenoxy) is 1. The number of carbonyl (C=O) groups is 1. The third-order valence-electron chi connectivity index (χ3n) is 2.43. The Balaban J connectivity index is 2.23. The third kappa shape index (κ3) is 5.33. The summed E-state index contributed by atoms with van der Waals surface area (Å²) in [7, 11) is 0. The average molecular weight is 239 g/mol. The summed E-state index contributed by atoms with van der Waals surface area (Å²) in [6, 6.07) is 5.93. The Morgan fingerprint density at radius 1 is 1.41 bits per heavy atom. The summed E-state index contributed by atoms with van der Waals surface area (Å²) in [5, 5.41) is 2.85. The number of benzene rings is 1. The van der Waals surface area contributed by atoms with Gasteiger partial charge in [-0.1, -0.05) is 6.92 Å². The first-order chi connectivity index (χ1) is 8.11. The van der Waals surface area contributed by atoms with Gasteiger partial charge in [-0.15, -0.1) is 0 Å². The van der Waals surface area contributed by atoms with Crippen LogP contribution in [0.1, 0.15) is 26.7 Å². The zero-order valence-corrected chi connectivity index (χ0v) is 10.2. The van der Waals surface area contributed by atoms with E-state index in [1.165, 1.54) is 12.1 Å². The van der Waals surface area contributed by atoms with Gasteiger partial charge in [-0.05, 0) is 37.6 Å². The first kappa shape index (κ1) is 13.5. The molecular formula is C13H18FNO2. The Morgan fingerprint density at radius 2 is 2.06 bits per heavy atom. The molecule has 17 heavy (non-hydrogen) atoms. The number of halogens is 1. The summed E-state index contributed by atoms with van der Waals surface area (Å²) in [6.45, 7) is 4.27. The molecule has 0 aliphatic carbocycles. The predicted octanol–water partition coefficient (Wildman–Crippen LogP) is 2.51. The smallest absolute Gasteiger partial charge is 0.223 e. The highest BCUT2D eigenvalue weighted by molar-refractivity contribution is 5.76. The molecule has 1 N–H and O–H groups in total. The topological polar surface area (TPSA) is 38.3 Å². The van der Waals surface area contributed by atoms with Crippen LogP contribution in [-0.4, -0.2) is 18.6 Å². The number of amides is 1. The van der Waals surface area contributed by atoms with Crippen LogP contribution >= 0.6 is 0 Å². The number of rotatable bonds is 6. The van der Waals surface area contributed by atoms with Gasteiger partial charge in [-0.2, -0.15) is 0 Å². The minimum atomic E-state index is -0.299. The highest BCUT2D eigenvalue weighted by Crippen LogP contribution is 2.11. The van der Waals surface area contributed by atoms with Gasteiger partial charge < -0.3 is 10.1 Å². The van der Waals surface area contributed by atoms with Crippen LogP contribution in [-0.2, 0) is 4.79 Å². The lowest BCUT2D eigenvalue weighted by Crippen LogP contribution is -2.32. The van der Waals surface area contributed by atoms with Crippen molar-refractivity contribution in [1.29, 1.82) is 0 Å². The predicted molar refractivity (Wildman–Crippen MR) is 64.4 cm³/mol. The van der Waals surface area contributed by atoms with E-state index in [4.69, 9.17) is 4.74 Å². The standard InChI is InChI=1S/C13H18FNO2/c1-3-10(2)15-13(16)8-9-17-12-6-4-11(14)5-7-12/h4-7,10H,3,8-9H2,1-2H3,(H,15,16). The van der Waals surface area contributed by atoms with E-state index in [1.54, 1.807) is 12.1 Å². The Bertz CT molecular complexity index is 351. The van der Waals surface area contributed by atoms with Crippen molar-refractivity contribution in [2.45, 2.75) is 32.7 Å². The van der Waals surface area contributed by atoms with E-state index in [9.17, 15) is 9.18 Å². The van der Waals surface area contributed by atoms with Crippen LogP contribution in [0.2, 0.25) is 0 Å². The maximum Gasteiger partial charge on any atom is 0.223 e. The Labute approximate surface area is 101 Å². The summed E-state index contributed by atoms with van der Waals surface area (Å²) in [4.78, 5) is 11.4. The van der Waals surface area contributed by atoms with E-state index in [1.807, 2.05) is 13.8 Å². The summed E-state index contributed by atoms with van der Waals surface area (Å²) < 4.78 is 17.9. The Hall–Kier alpha value is -1.58. The lowest BCUT2D eigenvalue weighted by Gasteiger charge is -2.11. The van der Waals surface area contributed by atoms with Gasteiger partial charge in [0, 0.05) is 6.04 Å². The van der Waals surface area contributed by atoms with E-state index in [0.717, 1.165) is 6.42 Å². The molecule has 0 heterocycles. The summed E-state index contributed by atoms with van der Waals surface area (Å²) in [6.07, 6.45) is 1.21. The Morgan fingerprint density at radius 3 is 2.65 bits per heavy atom. The second kappa shape index (κ2) is 6.89. The van der Waals surface area contributed by atoms with Gasteiger partial charge in [-0.25, -0.2) is 4.39 Å². The molecule has 1 amide bonds. The summed E-state index contributed by atoms with van der Waals surface area (Å²) in [5.41, 5.74) is 0. The van der Waals surface area contributed by atoms with Crippen LogP contribution in [0, 0.1) is 5.82 Å². The SMILES string of the molecule is CCC(C)NC(=O)CCOc1ccc(F)cc1. The Kier molecular flexibility index (Phi) is 5.46. The van der Waals surface area contributed by atoms with Crippen molar-refractivity contribution in [3.05, 3.63) is 30.1 Å². The number of hydrogen-bond donors (Lipinski definition) is 1. The van der Waals surface area contributed by atoms with E-state index in [-0.39, 0.29) is 17.8 Å². The molecule has 0 saturated heterocycles. The second-order valence-electron chi connectivity index (χ2n) is 3.93. The molecule has 0 saturated carbocycles. The molecular weight excluding hydrogens is 221 g/mol. The quantitative estimate of drug-likeness (QED) is 0.828. The molecule has 1 aromatic rings. The van der Waals surface area contributed by atoms with Crippen LogP contribution in [0.25, 0.3) is 0 Å². The fourth-order valence-corrected chi connectivity index (χ4v) is 1.24. The molecule has 4 heteroatoms. The molecule has 0 aromatic heterocycles. The molecule has 0 bridgehead atoms.